The van der Waals surface area contributed by atoms with Crippen LogP contribution in [0.3, 0.4) is 0 Å². The summed E-state index contributed by atoms with van der Waals surface area (Å²) in [5.74, 6) is 1.94. The third-order valence-electron chi connectivity index (χ3n) is 1.80. The Kier molecular flexibility index (Phi) is 9.59. The highest BCUT2D eigenvalue weighted by Crippen LogP contribution is 2.09. The zero-order valence-electron chi connectivity index (χ0n) is 8.98. The van der Waals surface area contributed by atoms with E-state index in [1.54, 1.807) is 0 Å². The summed E-state index contributed by atoms with van der Waals surface area (Å²) in [6, 6.07) is 0. The van der Waals surface area contributed by atoms with Crippen molar-refractivity contribution in [2.45, 2.75) is 32.1 Å². The lowest BCUT2D eigenvalue weighted by Crippen LogP contribution is -2.25. The fraction of sp³-hybridized carbons (Fsp3) is 1.00. The molecule has 0 radical (unpaired) electrons. The first-order chi connectivity index (χ1) is 6.16. The van der Waals surface area contributed by atoms with Crippen molar-refractivity contribution in [2.75, 3.05) is 25.1 Å². The predicted molar refractivity (Wildman–Crippen MR) is 65.0 cm³/mol. The molecule has 0 aliphatic rings. The van der Waals surface area contributed by atoms with E-state index >= 15 is 0 Å². The number of alkyl halides is 1. The van der Waals surface area contributed by atoms with E-state index in [1.807, 2.05) is 11.8 Å². The average Bonchev–Trinajstić information content (AvgIpc) is 2.02. The molecule has 0 aromatic carbocycles. The molecule has 0 heterocycles. The second-order valence-electron chi connectivity index (χ2n) is 3.78. The van der Waals surface area contributed by atoms with Crippen molar-refractivity contribution in [2.24, 2.45) is 5.92 Å². The highest BCUT2D eigenvalue weighted by molar-refractivity contribution is 7.98. The van der Waals surface area contributed by atoms with Gasteiger partial charge in [0, 0.05) is 11.9 Å². The SMILES string of the molecule is CSCCCNCC(Cl)CC(C)C. The molecule has 0 saturated carbocycles. The van der Waals surface area contributed by atoms with Gasteiger partial charge >= 0.3 is 0 Å². The van der Waals surface area contributed by atoms with E-state index in [0.29, 0.717) is 11.3 Å². The Hall–Kier alpha value is 0.600. The summed E-state index contributed by atoms with van der Waals surface area (Å²) in [7, 11) is 0. The van der Waals surface area contributed by atoms with E-state index < -0.39 is 0 Å². The number of halogens is 1. The quantitative estimate of drug-likeness (QED) is 0.502. The number of rotatable bonds is 8. The maximum atomic E-state index is 6.12. The number of hydrogen-bond acceptors (Lipinski definition) is 2. The average molecular weight is 224 g/mol. The highest BCUT2D eigenvalue weighted by atomic mass is 35.5. The van der Waals surface area contributed by atoms with Crippen LogP contribution >= 0.6 is 23.4 Å². The van der Waals surface area contributed by atoms with Crippen LogP contribution in [0.25, 0.3) is 0 Å². The second-order valence-corrected chi connectivity index (χ2v) is 5.38. The minimum Gasteiger partial charge on any atom is -0.315 e. The number of thioether (sulfide) groups is 1. The maximum Gasteiger partial charge on any atom is 0.0463 e. The first-order valence-electron chi connectivity index (χ1n) is 5.00. The summed E-state index contributed by atoms with van der Waals surface area (Å²) >= 11 is 8.02. The third-order valence-corrected chi connectivity index (χ3v) is 2.82. The Labute approximate surface area is 92.0 Å². The van der Waals surface area contributed by atoms with Crippen LogP contribution in [0.1, 0.15) is 26.7 Å². The fourth-order valence-corrected chi connectivity index (χ4v) is 2.09. The van der Waals surface area contributed by atoms with Crippen molar-refractivity contribution >= 4 is 23.4 Å². The molecule has 1 nitrogen and oxygen atoms in total. The summed E-state index contributed by atoms with van der Waals surface area (Å²) in [5, 5.41) is 3.68. The van der Waals surface area contributed by atoms with Crippen molar-refractivity contribution in [3.8, 4) is 0 Å². The molecule has 3 heteroatoms. The van der Waals surface area contributed by atoms with Crippen molar-refractivity contribution in [1.29, 1.82) is 0 Å². The molecular weight excluding hydrogens is 202 g/mol. The first kappa shape index (κ1) is 13.6. The Balaban J connectivity index is 3.12. The van der Waals surface area contributed by atoms with Crippen LogP contribution in [-0.2, 0) is 0 Å². The minimum absolute atomic E-state index is 0.300. The van der Waals surface area contributed by atoms with Gasteiger partial charge in [0.25, 0.3) is 0 Å². The van der Waals surface area contributed by atoms with Gasteiger partial charge in [-0.1, -0.05) is 13.8 Å². The lowest BCUT2D eigenvalue weighted by atomic mass is 10.1. The molecule has 80 valence electrons. The number of hydrogen-bond donors (Lipinski definition) is 1. The van der Waals surface area contributed by atoms with Gasteiger partial charge in [0.05, 0.1) is 0 Å². The Morgan fingerprint density at radius 3 is 2.62 bits per heavy atom. The van der Waals surface area contributed by atoms with Crippen LogP contribution in [-0.4, -0.2) is 30.5 Å². The Morgan fingerprint density at radius 2 is 2.08 bits per heavy atom. The van der Waals surface area contributed by atoms with E-state index in [4.69, 9.17) is 11.6 Å². The molecule has 0 fully saturated rings. The molecule has 1 N–H and O–H groups in total. The monoisotopic (exact) mass is 223 g/mol. The Bertz CT molecular complexity index is 109. The second kappa shape index (κ2) is 9.17. The first-order valence-corrected chi connectivity index (χ1v) is 6.83. The molecule has 0 rings (SSSR count). The molecule has 0 aromatic heterocycles. The normalized spacial score (nSPS) is 13.6. The van der Waals surface area contributed by atoms with Gasteiger partial charge in [-0.05, 0) is 37.3 Å². The molecule has 0 saturated heterocycles. The largest absolute Gasteiger partial charge is 0.315 e. The van der Waals surface area contributed by atoms with E-state index in [9.17, 15) is 0 Å². The highest BCUT2D eigenvalue weighted by Gasteiger charge is 2.05. The lowest BCUT2D eigenvalue weighted by molar-refractivity contribution is 0.533. The van der Waals surface area contributed by atoms with Gasteiger partial charge in [-0.3, -0.25) is 0 Å². The third kappa shape index (κ3) is 10.5. The summed E-state index contributed by atoms with van der Waals surface area (Å²) in [6.07, 6.45) is 4.49. The van der Waals surface area contributed by atoms with Crippen molar-refractivity contribution in [1.82, 2.24) is 5.32 Å². The fourth-order valence-electron chi connectivity index (χ4n) is 1.20. The van der Waals surface area contributed by atoms with Crippen molar-refractivity contribution < 1.29 is 0 Å². The standard InChI is InChI=1S/C10H22ClNS/c1-9(2)7-10(11)8-12-5-4-6-13-3/h9-10,12H,4-8H2,1-3H3. The van der Waals surface area contributed by atoms with E-state index in [-0.39, 0.29) is 0 Å². The molecule has 0 amide bonds. The molecule has 0 aliphatic carbocycles. The van der Waals surface area contributed by atoms with Gasteiger partial charge in [-0.25, -0.2) is 0 Å². The topological polar surface area (TPSA) is 12.0 Å². The summed E-state index contributed by atoms with van der Waals surface area (Å²) in [4.78, 5) is 0. The van der Waals surface area contributed by atoms with Crippen LogP contribution < -0.4 is 5.32 Å². The van der Waals surface area contributed by atoms with Gasteiger partial charge < -0.3 is 5.32 Å². The molecule has 1 atom stereocenters. The van der Waals surface area contributed by atoms with Gasteiger partial charge in [0.1, 0.15) is 0 Å². The summed E-state index contributed by atoms with van der Waals surface area (Å²) in [6.45, 7) is 6.47. The van der Waals surface area contributed by atoms with Crippen molar-refractivity contribution in [3.05, 3.63) is 0 Å². The van der Waals surface area contributed by atoms with Crippen LogP contribution in [0.15, 0.2) is 0 Å². The van der Waals surface area contributed by atoms with Crippen LogP contribution in [0.4, 0.5) is 0 Å². The van der Waals surface area contributed by atoms with Crippen LogP contribution in [0.2, 0.25) is 0 Å². The van der Waals surface area contributed by atoms with Gasteiger partial charge in [-0.2, -0.15) is 11.8 Å². The van der Waals surface area contributed by atoms with Gasteiger partial charge in [0.15, 0.2) is 0 Å². The Morgan fingerprint density at radius 1 is 1.38 bits per heavy atom. The molecule has 1 unspecified atom stereocenters. The summed E-state index contributed by atoms with van der Waals surface area (Å²) in [5.41, 5.74) is 0. The summed E-state index contributed by atoms with van der Waals surface area (Å²) < 4.78 is 0. The lowest BCUT2D eigenvalue weighted by Gasteiger charge is -2.12. The van der Waals surface area contributed by atoms with E-state index in [1.165, 1.54) is 12.2 Å². The van der Waals surface area contributed by atoms with Crippen LogP contribution in [0, 0.1) is 5.92 Å². The van der Waals surface area contributed by atoms with E-state index in [0.717, 1.165) is 19.5 Å². The zero-order chi connectivity index (χ0) is 10.1. The van der Waals surface area contributed by atoms with Crippen LogP contribution in [0.5, 0.6) is 0 Å². The minimum atomic E-state index is 0.300. The molecule has 0 aliphatic heterocycles. The van der Waals surface area contributed by atoms with Crippen molar-refractivity contribution in [3.63, 3.8) is 0 Å². The molecule has 13 heavy (non-hydrogen) atoms. The molecule has 0 aromatic rings. The molecule has 0 spiro atoms. The zero-order valence-corrected chi connectivity index (χ0v) is 10.5. The molecule has 0 bridgehead atoms. The molecular formula is C10H22ClNS. The van der Waals surface area contributed by atoms with Gasteiger partial charge in [0.2, 0.25) is 0 Å². The predicted octanol–water partition coefficient (Wildman–Crippen LogP) is 2.98. The smallest absolute Gasteiger partial charge is 0.0463 e. The maximum absolute atomic E-state index is 6.12. The number of nitrogens with one attached hydrogen (secondary N) is 1. The van der Waals surface area contributed by atoms with Gasteiger partial charge in [-0.15, -0.1) is 11.6 Å². The van der Waals surface area contributed by atoms with E-state index in [2.05, 4.69) is 25.4 Å².